The Labute approximate surface area is 119 Å². The van der Waals surface area contributed by atoms with Gasteiger partial charge in [0.05, 0.1) is 30.1 Å². The first-order chi connectivity index (χ1) is 9.41. The highest BCUT2D eigenvalue weighted by molar-refractivity contribution is 7.89. The fourth-order valence-electron chi connectivity index (χ4n) is 1.69. The number of aliphatic hydroxyl groups is 1. The lowest BCUT2D eigenvalue weighted by atomic mass is 10.2. The van der Waals surface area contributed by atoms with Crippen LogP contribution in [0.25, 0.3) is 0 Å². The molecule has 20 heavy (non-hydrogen) atoms. The van der Waals surface area contributed by atoms with Crippen LogP contribution in [0.5, 0.6) is 0 Å². The molecule has 0 saturated carbocycles. The largest absolute Gasteiger partial charge is 0.389 e. The molecule has 1 atom stereocenters. The van der Waals surface area contributed by atoms with Crippen molar-refractivity contribution in [3.05, 3.63) is 29.8 Å². The van der Waals surface area contributed by atoms with Gasteiger partial charge in [-0.1, -0.05) is 12.1 Å². The first-order valence-corrected chi connectivity index (χ1v) is 7.45. The topological polar surface area (TPSA) is 90.6 Å². The minimum Gasteiger partial charge on any atom is -0.389 e. The molecule has 0 bridgehead atoms. The summed E-state index contributed by atoms with van der Waals surface area (Å²) in [5.41, 5.74) is 0.758. The van der Waals surface area contributed by atoms with Crippen LogP contribution >= 0.6 is 0 Å². The summed E-state index contributed by atoms with van der Waals surface area (Å²) in [6, 6.07) is 8.13. The third-order valence-electron chi connectivity index (χ3n) is 2.74. The molecular weight excluding hydrogens is 280 g/mol. The molecule has 1 unspecified atom stereocenters. The van der Waals surface area contributed by atoms with Gasteiger partial charge in [-0.3, -0.25) is 0 Å². The van der Waals surface area contributed by atoms with Gasteiger partial charge in [-0.25, -0.2) is 8.42 Å². The van der Waals surface area contributed by atoms with Gasteiger partial charge in [-0.05, 0) is 17.7 Å². The van der Waals surface area contributed by atoms with Gasteiger partial charge in [0.15, 0.2) is 0 Å². The molecule has 110 valence electrons. The van der Waals surface area contributed by atoms with Crippen molar-refractivity contribution in [3.8, 4) is 6.07 Å². The summed E-state index contributed by atoms with van der Waals surface area (Å²) in [4.78, 5) is 0.131. The number of hydrogen-bond donors (Lipinski definition) is 1. The maximum Gasteiger partial charge on any atom is 0.242 e. The molecule has 1 aromatic carbocycles. The van der Waals surface area contributed by atoms with E-state index >= 15 is 0 Å². The van der Waals surface area contributed by atoms with E-state index in [-0.39, 0.29) is 24.5 Å². The van der Waals surface area contributed by atoms with Crippen LogP contribution in [0.15, 0.2) is 29.2 Å². The fraction of sp³-hybridized carbons (Fsp3) is 0.462. The first-order valence-electron chi connectivity index (χ1n) is 6.01. The smallest absolute Gasteiger partial charge is 0.242 e. The Morgan fingerprint density at radius 2 is 2.00 bits per heavy atom. The van der Waals surface area contributed by atoms with Crippen molar-refractivity contribution >= 4 is 10.0 Å². The van der Waals surface area contributed by atoms with Crippen molar-refractivity contribution < 1.29 is 18.3 Å². The molecule has 1 N–H and O–H groups in total. The summed E-state index contributed by atoms with van der Waals surface area (Å²) in [7, 11) is -0.813. The van der Waals surface area contributed by atoms with Gasteiger partial charge in [-0.2, -0.15) is 9.57 Å². The predicted octanol–water partition coefficient (Wildman–Crippen LogP) is 0.380. The van der Waals surface area contributed by atoms with Crippen molar-refractivity contribution in [2.24, 2.45) is 0 Å². The summed E-state index contributed by atoms with van der Waals surface area (Å²) in [6.07, 6.45) is -0.638. The molecule has 0 heterocycles. The molecular formula is C13H18N2O4S. The van der Waals surface area contributed by atoms with Gasteiger partial charge in [-0.15, -0.1) is 0 Å². The fourth-order valence-corrected chi connectivity index (χ4v) is 2.90. The molecule has 0 saturated heterocycles. The summed E-state index contributed by atoms with van der Waals surface area (Å²) < 4.78 is 30.3. The second-order valence-electron chi connectivity index (χ2n) is 4.37. The molecule has 0 aromatic heterocycles. The highest BCUT2D eigenvalue weighted by Crippen LogP contribution is 2.15. The Hall–Kier alpha value is -1.46. The van der Waals surface area contributed by atoms with Gasteiger partial charge < -0.3 is 9.84 Å². The molecule has 0 radical (unpaired) electrons. The number of likely N-dealkylation sites (N-methyl/N-ethyl adjacent to an activating group) is 1. The SMILES string of the molecule is COCC(O)CN(C)S(=O)(=O)c1ccc(CC#N)cc1. The number of sulfonamides is 1. The molecule has 0 aliphatic heterocycles. The molecule has 1 rings (SSSR count). The van der Waals surface area contributed by atoms with E-state index in [1.807, 2.05) is 6.07 Å². The van der Waals surface area contributed by atoms with Crippen molar-refractivity contribution in [2.45, 2.75) is 17.4 Å². The highest BCUT2D eigenvalue weighted by atomic mass is 32.2. The first kappa shape index (κ1) is 16.6. The number of nitrogens with zero attached hydrogens (tertiary/aromatic N) is 2. The average Bonchev–Trinajstić information content (AvgIpc) is 2.40. The van der Waals surface area contributed by atoms with Crippen LogP contribution in [-0.4, -0.2) is 51.2 Å². The van der Waals surface area contributed by atoms with Crippen LogP contribution in [0.3, 0.4) is 0 Å². The van der Waals surface area contributed by atoms with E-state index in [4.69, 9.17) is 10.00 Å². The lowest BCUT2D eigenvalue weighted by Gasteiger charge is -2.20. The second-order valence-corrected chi connectivity index (χ2v) is 6.42. The maximum absolute atomic E-state index is 12.3. The van der Waals surface area contributed by atoms with Crippen LogP contribution < -0.4 is 0 Å². The van der Waals surface area contributed by atoms with Crippen molar-refractivity contribution in [1.29, 1.82) is 5.26 Å². The third-order valence-corrected chi connectivity index (χ3v) is 4.58. The van der Waals surface area contributed by atoms with Crippen LogP contribution in [0.1, 0.15) is 5.56 Å². The molecule has 0 fully saturated rings. The lowest BCUT2D eigenvalue weighted by molar-refractivity contribution is 0.0554. The lowest BCUT2D eigenvalue weighted by Crippen LogP contribution is -2.36. The van der Waals surface area contributed by atoms with E-state index in [2.05, 4.69) is 0 Å². The monoisotopic (exact) mass is 298 g/mol. The number of hydrogen-bond acceptors (Lipinski definition) is 5. The quantitative estimate of drug-likeness (QED) is 0.786. The van der Waals surface area contributed by atoms with Crippen LogP contribution in [0.4, 0.5) is 0 Å². The second kappa shape index (κ2) is 7.36. The number of benzene rings is 1. The Morgan fingerprint density at radius 1 is 1.40 bits per heavy atom. The molecule has 0 amide bonds. The Balaban J connectivity index is 2.84. The van der Waals surface area contributed by atoms with Gasteiger partial charge in [0.1, 0.15) is 0 Å². The van der Waals surface area contributed by atoms with E-state index < -0.39 is 16.1 Å². The van der Waals surface area contributed by atoms with Crippen molar-refractivity contribution in [2.75, 3.05) is 27.3 Å². The molecule has 6 nitrogen and oxygen atoms in total. The highest BCUT2D eigenvalue weighted by Gasteiger charge is 2.22. The zero-order chi connectivity index (χ0) is 15.2. The van der Waals surface area contributed by atoms with E-state index in [0.717, 1.165) is 9.87 Å². The number of nitriles is 1. The molecule has 0 aliphatic rings. The summed E-state index contributed by atoms with van der Waals surface area (Å²) >= 11 is 0. The minimum absolute atomic E-state index is 0.0455. The molecule has 7 heteroatoms. The molecule has 1 aromatic rings. The minimum atomic E-state index is -3.65. The number of aliphatic hydroxyl groups excluding tert-OH is 1. The van der Waals surface area contributed by atoms with Gasteiger partial charge >= 0.3 is 0 Å². The van der Waals surface area contributed by atoms with Crippen molar-refractivity contribution in [1.82, 2.24) is 4.31 Å². The molecule has 0 spiro atoms. The Bertz CT molecular complexity index is 563. The Kier molecular flexibility index (Phi) is 6.10. The Morgan fingerprint density at radius 3 is 2.50 bits per heavy atom. The van der Waals surface area contributed by atoms with Gasteiger partial charge in [0.2, 0.25) is 10.0 Å². The normalized spacial score (nSPS) is 13.2. The van der Waals surface area contributed by atoms with Crippen LogP contribution in [-0.2, 0) is 21.2 Å². The zero-order valence-electron chi connectivity index (χ0n) is 11.5. The van der Waals surface area contributed by atoms with Gasteiger partial charge in [0, 0.05) is 20.7 Å². The summed E-state index contributed by atoms with van der Waals surface area (Å²) in [6.45, 7) is 0.0249. The average molecular weight is 298 g/mol. The summed E-state index contributed by atoms with van der Waals surface area (Å²) in [5.74, 6) is 0. The standard InChI is InChI=1S/C13H18N2O4S/c1-15(9-12(16)10-19-2)20(17,18)13-5-3-11(4-6-13)7-8-14/h3-6,12,16H,7,9-10H2,1-2H3. The van der Waals surface area contributed by atoms with Gasteiger partial charge in [0.25, 0.3) is 0 Å². The predicted molar refractivity (Wildman–Crippen MR) is 73.5 cm³/mol. The number of methoxy groups -OCH3 is 1. The third kappa shape index (κ3) is 4.28. The van der Waals surface area contributed by atoms with E-state index in [1.54, 1.807) is 12.1 Å². The van der Waals surface area contributed by atoms with E-state index in [1.165, 1.54) is 26.3 Å². The molecule has 0 aliphatic carbocycles. The maximum atomic E-state index is 12.3. The van der Waals surface area contributed by atoms with Crippen LogP contribution in [0, 0.1) is 11.3 Å². The number of rotatable bonds is 7. The zero-order valence-corrected chi connectivity index (χ0v) is 12.3. The number of ether oxygens (including phenoxy) is 1. The van der Waals surface area contributed by atoms with Crippen LogP contribution in [0.2, 0.25) is 0 Å². The summed E-state index contributed by atoms with van der Waals surface area (Å²) in [5, 5.41) is 18.1. The van der Waals surface area contributed by atoms with Crippen molar-refractivity contribution in [3.63, 3.8) is 0 Å². The van der Waals surface area contributed by atoms with E-state index in [0.29, 0.717) is 0 Å². The van der Waals surface area contributed by atoms with E-state index in [9.17, 15) is 13.5 Å².